The Hall–Kier alpha value is -3.03. The van der Waals surface area contributed by atoms with Gasteiger partial charge in [-0.1, -0.05) is 30.8 Å². The molecule has 2 atom stereocenters. The summed E-state index contributed by atoms with van der Waals surface area (Å²) in [5.41, 5.74) is 2.04. The highest BCUT2D eigenvalue weighted by Gasteiger charge is 2.38. The highest BCUT2D eigenvalue weighted by atomic mass is 16.5. The molecule has 7 heteroatoms. The van der Waals surface area contributed by atoms with Crippen LogP contribution in [0.3, 0.4) is 0 Å². The predicted molar refractivity (Wildman–Crippen MR) is 116 cm³/mol. The van der Waals surface area contributed by atoms with Crippen LogP contribution in [0.2, 0.25) is 0 Å². The lowest BCUT2D eigenvalue weighted by Crippen LogP contribution is -2.56. The van der Waals surface area contributed by atoms with Crippen molar-refractivity contribution in [2.24, 2.45) is 0 Å². The van der Waals surface area contributed by atoms with E-state index >= 15 is 0 Å². The third-order valence-electron chi connectivity index (χ3n) is 5.05. The molecule has 0 bridgehead atoms. The van der Waals surface area contributed by atoms with Gasteiger partial charge in [0.05, 0.1) is 59.4 Å². The second kappa shape index (κ2) is 11.4. The van der Waals surface area contributed by atoms with Gasteiger partial charge in [-0.05, 0) is 35.4 Å². The smallest absolute Gasteiger partial charge is 0.231 e. The summed E-state index contributed by atoms with van der Waals surface area (Å²) in [6.45, 7) is 5.13. The van der Waals surface area contributed by atoms with Crippen LogP contribution in [0.4, 0.5) is 0 Å². The number of β-lactam (4-membered cyclic amide) rings is 1. The number of rotatable bonds is 13. The van der Waals surface area contributed by atoms with Gasteiger partial charge in [0.1, 0.15) is 11.5 Å². The standard InChI is InChI=1S/C24H29NO6/c1-4-30-24-13-23(26)25(24)14-22(31-16-19-7-11-21(28-3)12-8-19)17-29-15-18-5-9-20(27-2)10-6-18/h4-12,22,24H,1,13-17H2,2-3H3/t22-,24?/m0/s1. The van der Waals surface area contributed by atoms with Crippen molar-refractivity contribution < 1.29 is 28.5 Å². The Balaban J connectivity index is 1.56. The molecule has 0 radical (unpaired) electrons. The lowest BCUT2D eigenvalue weighted by Gasteiger charge is -2.40. The van der Waals surface area contributed by atoms with E-state index in [0.717, 1.165) is 22.6 Å². The minimum Gasteiger partial charge on any atom is -0.497 e. The fourth-order valence-electron chi connectivity index (χ4n) is 3.22. The summed E-state index contributed by atoms with van der Waals surface area (Å²) in [4.78, 5) is 13.7. The van der Waals surface area contributed by atoms with Crippen molar-refractivity contribution in [3.05, 3.63) is 72.5 Å². The van der Waals surface area contributed by atoms with Crippen LogP contribution in [0.1, 0.15) is 17.5 Å². The van der Waals surface area contributed by atoms with Crippen molar-refractivity contribution in [1.29, 1.82) is 0 Å². The van der Waals surface area contributed by atoms with Crippen LogP contribution in [-0.2, 0) is 32.2 Å². The fraction of sp³-hybridized carbons (Fsp3) is 0.375. The Morgan fingerprint density at radius 2 is 1.58 bits per heavy atom. The first-order valence-corrected chi connectivity index (χ1v) is 10.1. The number of nitrogens with zero attached hydrogens (tertiary/aromatic N) is 1. The average molecular weight is 427 g/mol. The van der Waals surface area contributed by atoms with E-state index in [-0.39, 0.29) is 18.2 Å². The molecule has 0 spiro atoms. The summed E-state index contributed by atoms with van der Waals surface area (Å²) < 4.78 is 27.8. The molecule has 2 aromatic rings. The molecule has 1 unspecified atom stereocenters. The van der Waals surface area contributed by atoms with E-state index in [4.69, 9.17) is 23.7 Å². The summed E-state index contributed by atoms with van der Waals surface area (Å²) >= 11 is 0. The van der Waals surface area contributed by atoms with Gasteiger partial charge < -0.3 is 28.6 Å². The number of amides is 1. The van der Waals surface area contributed by atoms with Crippen molar-refractivity contribution in [2.75, 3.05) is 27.4 Å². The van der Waals surface area contributed by atoms with E-state index in [1.54, 1.807) is 19.1 Å². The first-order chi connectivity index (χ1) is 15.1. The Bertz CT molecular complexity index is 834. The molecular formula is C24H29NO6. The molecule has 0 saturated carbocycles. The van der Waals surface area contributed by atoms with E-state index in [9.17, 15) is 4.79 Å². The van der Waals surface area contributed by atoms with E-state index in [1.165, 1.54) is 6.26 Å². The molecule has 1 amide bonds. The molecule has 7 nitrogen and oxygen atoms in total. The van der Waals surface area contributed by atoms with Crippen molar-refractivity contribution in [3.63, 3.8) is 0 Å². The number of hydrogen-bond acceptors (Lipinski definition) is 6. The topological polar surface area (TPSA) is 66.5 Å². The molecule has 166 valence electrons. The molecule has 0 N–H and O–H groups in total. The van der Waals surface area contributed by atoms with E-state index in [0.29, 0.717) is 32.8 Å². The first kappa shape index (κ1) is 22.7. The van der Waals surface area contributed by atoms with Crippen LogP contribution < -0.4 is 9.47 Å². The number of ether oxygens (including phenoxy) is 5. The zero-order valence-electron chi connectivity index (χ0n) is 18.0. The highest BCUT2D eigenvalue weighted by molar-refractivity contribution is 5.82. The maximum absolute atomic E-state index is 12.0. The molecule has 0 aliphatic carbocycles. The number of benzene rings is 2. The predicted octanol–water partition coefficient (Wildman–Crippen LogP) is 3.52. The lowest BCUT2D eigenvalue weighted by molar-refractivity contribution is -0.172. The van der Waals surface area contributed by atoms with Crippen molar-refractivity contribution in [1.82, 2.24) is 4.90 Å². The van der Waals surface area contributed by atoms with Gasteiger partial charge in [-0.3, -0.25) is 4.79 Å². The van der Waals surface area contributed by atoms with Crippen LogP contribution in [0.5, 0.6) is 11.5 Å². The van der Waals surface area contributed by atoms with Crippen LogP contribution in [-0.4, -0.2) is 50.5 Å². The summed E-state index contributed by atoms with van der Waals surface area (Å²) in [6.07, 6.45) is 1.11. The summed E-state index contributed by atoms with van der Waals surface area (Å²) in [5, 5.41) is 0. The molecule has 0 aromatic heterocycles. The largest absolute Gasteiger partial charge is 0.497 e. The molecule has 31 heavy (non-hydrogen) atoms. The molecule has 1 saturated heterocycles. The van der Waals surface area contributed by atoms with Crippen molar-refractivity contribution >= 4 is 5.91 Å². The maximum atomic E-state index is 12.0. The monoisotopic (exact) mass is 427 g/mol. The average Bonchev–Trinajstić information content (AvgIpc) is 2.81. The van der Waals surface area contributed by atoms with Crippen molar-refractivity contribution in [2.45, 2.75) is 32.0 Å². The van der Waals surface area contributed by atoms with Crippen LogP contribution >= 0.6 is 0 Å². The number of carbonyl (C=O) groups is 1. The van der Waals surface area contributed by atoms with Crippen molar-refractivity contribution in [3.8, 4) is 11.5 Å². The van der Waals surface area contributed by atoms with Crippen LogP contribution in [0, 0.1) is 0 Å². The van der Waals surface area contributed by atoms with Gasteiger partial charge in [-0.2, -0.15) is 0 Å². The number of carbonyl (C=O) groups excluding carboxylic acids is 1. The first-order valence-electron chi connectivity index (χ1n) is 10.1. The lowest BCUT2D eigenvalue weighted by atomic mass is 10.1. The number of hydrogen-bond donors (Lipinski definition) is 0. The molecular weight excluding hydrogens is 398 g/mol. The fourth-order valence-corrected chi connectivity index (χ4v) is 3.22. The molecule has 1 heterocycles. The van der Waals surface area contributed by atoms with Gasteiger partial charge in [0.2, 0.25) is 5.91 Å². The highest BCUT2D eigenvalue weighted by Crippen LogP contribution is 2.22. The molecule has 3 rings (SSSR count). The quantitative estimate of drug-likeness (QED) is 0.360. The third kappa shape index (κ3) is 6.47. The molecule has 2 aromatic carbocycles. The summed E-state index contributed by atoms with van der Waals surface area (Å²) in [5.74, 6) is 1.62. The van der Waals surface area contributed by atoms with Gasteiger partial charge in [0.25, 0.3) is 0 Å². The molecule has 1 aliphatic rings. The van der Waals surface area contributed by atoms with Crippen LogP contribution in [0.15, 0.2) is 61.4 Å². The Morgan fingerprint density at radius 3 is 2.10 bits per heavy atom. The summed E-state index contributed by atoms with van der Waals surface area (Å²) in [6, 6.07) is 15.4. The molecule has 1 fully saturated rings. The Morgan fingerprint density at radius 1 is 1.00 bits per heavy atom. The Kier molecular flexibility index (Phi) is 8.32. The van der Waals surface area contributed by atoms with Gasteiger partial charge in [-0.25, -0.2) is 0 Å². The van der Waals surface area contributed by atoms with Gasteiger partial charge in [0, 0.05) is 0 Å². The SMILES string of the molecule is C=COC1CC(=O)N1C[C@@H](COCc1ccc(OC)cc1)OCc1ccc(OC)cc1. The van der Waals surface area contributed by atoms with Gasteiger partial charge >= 0.3 is 0 Å². The minimum atomic E-state index is -0.305. The minimum absolute atomic E-state index is 0.0278. The zero-order chi connectivity index (χ0) is 22.1. The second-order valence-corrected chi connectivity index (χ2v) is 7.15. The van der Waals surface area contributed by atoms with E-state index in [2.05, 4.69) is 6.58 Å². The van der Waals surface area contributed by atoms with Gasteiger partial charge in [-0.15, -0.1) is 0 Å². The normalized spacial score (nSPS) is 16.4. The number of methoxy groups -OCH3 is 2. The molecule has 1 aliphatic heterocycles. The maximum Gasteiger partial charge on any atom is 0.231 e. The second-order valence-electron chi connectivity index (χ2n) is 7.15. The summed E-state index contributed by atoms with van der Waals surface area (Å²) in [7, 11) is 3.27. The Labute approximate surface area is 183 Å². The number of likely N-dealkylation sites (tertiary alicyclic amines) is 1. The van der Waals surface area contributed by atoms with E-state index in [1.807, 2.05) is 48.5 Å². The zero-order valence-corrected chi connectivity index (χ0v) is 18.0. The third-order valence-corrected chi connectivity index (χ3v) is 5.05. The van der Waals surface area contributed by atoms with E-state index < -0.39 is 0 Å². The van der Waals surface area contributed by atoms with Gasteiger partial charge in [0.15, 0.2) is 6.23 Å². The van der Waals surface area contributed by atoms with Crippen LogP contribution in [0.25, 0.3) is 0 Å².